The lowest BCUT2D eigenvalue weighted by atomic mass is 10.2. The van der Waals surface area contributed by atoms with E-state index in [1.807, 2.05) is 37.3 Å². The summed E-state index contributed by atoms with van der Waals surface area (Å²) in [5.41, 5.74) is 1.75. The third kappa shape index (κ3) is 3.85. The number of carbonyl (C=O) groups is 2. The number of aromatic nitrogens is 4. The molecule has 3 aromatic rings. The second kappa shape index (κ2) is 7.73. The monoisotopic (exact) mass is 353 g/mol. The molecule has 134 valence electrons. The smallest absolute Gasteiger partial charge is 0.379 e. The molecule has 2 heterocycles. The van der Waals surface area contributed by atoms with Gasteiger partial charge >= 0.3 is 5.97 Å². The minimum atomic E-state index is -0.910. The van der Waals surface area contributed by atoms with Crippen molar-refractivity contribution in [1.82, 2.24) is 24.9 Å². The van der Waals surface area contributed by atoms with Gasteiger partial charge in [0.25, 0.3) is 17.5 Å². The van der Waals surface area contributed by atoms with Crippen LogP contribution >= 0.6 is 0 Å². The predicted molar refractivity (Wildman–Crippen MR) is 93.3 cm³/mol. The Bertz CT molecular complexity index is 923. The zero-order chi connectivity index (χ0) is 18.5. The standard InChI is InChI=1S/C18H19N5O3/c1-3-14(16(24)20-11-13-7-5-4-6-8-13)26-17(25)15-21-18-19-10-9-12(2)23(18)22-15/h4-10,14H,3,11H2,1-2H3,(H,20,24). The third-order valence-electron chi connectivity index (χ3n) is 3.83. The van der Waals surface area contributed by atoms with Crippen molar-refractivity contribution in [3.8, 4) is 0 Å². The van der Waals surface area contributed by atoms with Gasteiger partial charge in [-0.05, 0) is 25.0 Å². The van der Waals surface area contributed by atoms with Crippen molar-refractivity contribution in [3.05, 3.63) is 59.7 Å². The average Bonchev–Trinajstić information content (AvgIpc) is 3.11. The molecule has 8 heteroatoms. The van der Waals surface area contributed by atoms with E-state index in [0.717, 1.165) is 11.3 Å². The topological polar surface area (TPSA) is 98.5 Å². The fraction of sp³-hybridized carbons (Fsp3) is 0.278. The molecule has 1 amide bonds. The van der Waals surface area contributed by atoms with Crippen LogP contribution in [-0.4, -0.2) is 37.6 Å². The first-order valence-electron chi connectivity index (χ1n) is 8.29. The highest BCUT2D eigenvalue weighted by molar-refractivity contribution is 5.89. The Kier molecular flexibility index (Phi) is 5.21. The van der Waals surface area contributed by atoms with Crippen molar-refractivity contribution >= 4 is 17.7 Å². The molecule has 1 atom stereocenters. The minimum Gasteiger partial charge on any atom is -0.446 e. The molecule has 0 aliphatic rings. The minimum absolute atomic E-state index is 0.124. The summed E-state index contributed by atoms with van der Waals surface area (Å²) in [5, 5.41) is 6.86. The average molecular weight is 353 g/mol. The number of nitrogens with one attached hydrogen (secondary N) is 1. The van der Waals surface area contributed by atoms with Crippen molar-refractivity contribution < 1.29 is 14.3 Å². The molecule has 0 saturated heterocycles. The van der Waals surface area contributed by atoms with Crippen LogP contribution in [-0.2, 0) is 16.1 Å². The number of ether oxygens (including phenoxy) is 1. The van der Waals surface area contributed by atoms with Gasteiger partial charge in [-0.2, -0.15) is 4.98 Å². The predicted octanol–water partition coefficient (Wildman–Crippen LogP) is 1.68. The van der Waals surface area contributed by atoms with Crippen LogP contribution in [0.1, 0.15) is 35.2 Å². The molecule has 1 aromatic carbocycles. The number of amides is 1. The second-order valence-corrected chi connectivity index (χ2v) is 5.74. The highest BCUT2D eigenvalue weighted by atomic mass is 16.5. The Balaban J connectivity index is 1.65. The van der Waals surface area contributed by atoms with Gasteiger partial charge in [0.1, 0.15) is 0 Å². The number of fused-ring (bicyclic) bond motifs is 1. The number of hydrogen-bond acceptors (Lipinski definition) is 6. The van der Waals surface area contributed by atoms with Crippen molar-refractivity contribution in [2.24, 2.45) is 0 Å². The van der Waals surface area contributed by atoms with Gasteiger partial charge in [0.05, 0.1) is 0 Å². The summed E-state index contributed by atoms with van der Waals surface area (Å²) < 4.78 is 6.74. The van der Waals surface area contributed by atoms with E-state index >= 15 is 0 Å². The number of carbonyl (C=O) groups excluding carboxylic acids is 2. The second-order valence-electron chi connectivity index (χ2n) is 5.74. The van der Waals surface area contributed by atoms with Crippen molar-refractivity contribution in [2.45, 2.75) is 32.9 Å². The van der Waals surface area contributed by atoms with Gasteiger partial charge in [-0.15, -0.1) is 5.10 Å². The van der Waals surface area contributed by atoms with E-state index in [-0.39, 0.29) is 11.7 Å². The Hall–Kier alpha value is -3.29. The molecular weight excluding hydrogens is 334 g/mol. The summed E-state index contributed by atoms with van der Waals surface area (Å²) in [7, 11) is 0. The quantitative estimate of drug-likeness (QED) is 0.677. The van der Waals surface area contributed by atoms with E-state index in [4.69, 9.17) is 4.74 Å². The Morgan fingerprint density at radius 2 is 2.00 bits per heavy atom. The van der Waals surface area contributed by atoms with Crippen LogP contribution in [0.2, 0.25) is 0 Å². The number of benzene rings is 1. The van der Waals surface area contributed by atoms with Crippen molar-refractivity contribution in [3.63, 3.8) is 0 Å². The maximum absolute atomic E-state index is 12.3. The maximum atomic E-state index is 12.3. The zero-order valence-electron chi connectivity index (χ0n) is 14.5. The van der Waals surface area contributed by atoms with E-state index < -0.39 is 12.1 Å². The first-order chi connectivity index (χ1) is 12.6. The molecule has 0 radical (unpaired) electrons. The maximum Gasteiger partial charge on any atom is 0.379 e. The van der Waals surface area contributed by atoms with Gasteiger partial charge in [-0.3, -0.25) is 4.79 Å². The molecule has 3 rings (SSSR count). The SMILES string of the molecule is CCC(OC(=O)c1nc2nccc(C)n2n1)C(=O)NCc1ccccc1. The van der Waals surface area contributed by atoms with Gasteiger partial charge in [0, 0.05) is 18.4 Å². The lowest BCUT2D eigenvalue weighted by Gasteiger charge is -2.15. The molecule has 0 aliphatic heterocycles. The molecule has 0 aliphatic carbocycles. The number of rotatable bonds is 6. The lowest BCUT2D eigenvalue weighted by Crippen LogP contribution is -2.37. The summed E-state index contributed by atoms with van der Waals surface area (Å²) in [6, 6.07) is 11.3. The van der Waals surface area contributed by atoms with Gasteiger partial charge in [-0.1, -0.05) is 37.3 Å². The molecule has 1 unspecified atom stereocenters. The van der Waals surface area contributed by atoms with Crippen molar-refractivity contribution in [2.75, 3.05) is 0 Å². The number of hydrogen-bond donors (Lipinski definition) is 1. The van der Waals surface area contributed by atoms with Crippen LogP contribution in [0, 0.1) is 6.92 Å². The fourth-order valence-electron chi connectivity index (χ4n) is 2.40. The molecule has 8 nitrogen and oxygen atoms in total. The summed E-state index contributed by atoms with van der Waals surface area (Å²) in [4.78, 5) is 32.7. The fourth-order valence-corrected chi connectivity index (χ4v) is 2.40. The largest absolute Gasteiger partial charge is 0.446 e. The van der Waals surface area contributed by atoms with Gasteiger partial charge in [-0.25, -0.2) is 14.3 Å². The van der Waals surface area contributed by atoms with Crippen LogP contribution in [0.5, 0.6) is 0 Å². The summed E-state index contributed by atoms with van der Waals surface area (Å²) >= 11 is 0. The van der Waals surface area contributed by atoms with E-state index in [9.17, 15) is 9.59 Å². The normalized spacial score (nSPS) is 11.9. The van der Waals surface area contributed by atoms with E-state index in [2.05, 4.69) is 20.4 Å². The zero-order valence-corrected chi connectivity index (χ0v) is 14.5. The molecular formula is C18H19N5O3. The van der Waals surface area contributed by atoms with Crippen LogP contribution in [0.3, 0.4) is 0 Å². The lowest BCUT2D eigenvalue weighted by molar-refractivity contribution is -0.130. The first-order valence-corrected chi connectivity index (χ1v) is 8.29. The van der Waals surface area contributed by atoms with Gasteiger partial charge in [0.2, 0.25) is 0 Å². The first kappa shape index (κ1) is 17.5. The van der Waals surface area contributed by atoms with Gasteiger partial charge in [0.15, 0.2) is 6.10 Å². The van der Waals surface area contributed by atoms with Crippen LogP contribution in [0.15, 0.2) is 42.6 Å². The third-order valence-corrected chi connectivity index (χ3v) is 3.83. The van der Waals surface area contributed by atoms with E-state index in [1.54, 1.807) is 19.2 Å². The van der Waals surface area contributed by atoms with Crippen LogP contribution in [0.4, 0.5) is 0 Å². The number of aryl methyl sites for hydroxylation is 1. The Labute approximate surface area is 150 Å². The molecule has 0 spiro atoms. The summed E-state index contributed by atoms with van der Waals surface area (Å²) in [5.74, 6) is -0.931. The van der Waals surface area contributed by atoms with Gasteiger partial charge < -0.3 is 10.1 Å². The van der Waals surface area contributed by atoms with E-state index in [1.165, 1.54) is 4.52 Å². The van der Waals surface area contributed by atoms with E-state index in [0.29, 0.717) is 18.7 Å². The van der Waals surface area contributed by atoms with Crippen molar-refractivity contribution in [1.29, 1.82) is 0 Å². The molecule has 0 bridgehead atoms. The number of nitrogens with zero attached hydrogens (tertiary/aromatic N) is 4. The van der Waals surface area contributed by atoms with Crippen LogP contribution in [0.25, 0.3) is 5.78 Å². The molecule has 0 fully saturated rings. The molecule has 2 aromatic heterocycles. The summed E-state index contributed by atoms with van der Waals surface area (Å²) in [6.45, 7) is 3.96. The molecule has 1 N–H and O–H groups in total. The Morgan fingerprint density at radius 3 is 2.69 bits per heavy atom. The molecule has 26 heavy (non-hydrogen) atoms. The highest BCUT2D eigenvalue weighted by Gasteiger charge is 2.24. The molecule has 0 saturated carbocycles. The number of esters is 1. The highest BCUT2D eigenvalue weighted by Crippen LogP contribution is 2.07. The summed E-state index contributed by atoms with van der Waals surface area (Å²) in [6.07, 6.45) is 1.02. The van der Waals surface area contributed by atoms with Crippen LogP contribution < -0.4 is 5.32 Å². The Morgan fingerprint density at radius 1 is 1.23 bits per heavy atom.